The Morgan fingerprint density at radius 1 is 1.06 bits per heavy atom. The molecule has 1 aromatic heterocycles. The molecule has 6 heteroatoms. The van der Waals surface area contributed by atoms with Gasteiger partial charge in [-0.25, -0.2) is 13.6 Å². The molecule has 0 spiro atoms. The third-order valence-corrected chi connectivity index (χ3v) is 4.64. The lowest BCUT2D eigenvalue weighted by Gasteiger charge is -1.96. The van der Waals surface area contributed by atoms with Crippen LogP contribution in [-0.4, -0.2) is 14.2 Å². The van der Waals surface area contributed by atoms with Gasteiger partial charge in [-0.1, -0.05) is 30.3 Å². The summed E-state index contributed by atoms with van der Waals surface area (Å²) in [6, 6.07) is 11.5. The highest BCUT2D eigenvalue weighted by atomic mass is 32.2. The number of carbonyl (C=O) groups excluding carboxylic acids is 1. The van der Waals surface area contributed by atoms with E-state index in [-0.39, 0.29) is 9.99 Å². The predicted molar refractivity (Wildman–Crippen MR) is 65.6 cm³/mol. The monoisotopic (exact) mass is 267 g/mol. The van der Waals surface area contributed by atoms with Crippen LogP contribution in [0, 0.1) is 0 Å². The molecule has 0 fully saturated rings. The zero-order chi connectivity index (χ0) is 12.5. The summed E-state index contributed by atoms with van der Waals surface area (Å²) in [5.41, 5.74) is 0.523. The molecule has 0 radical (unpaired) electrons. The molecule has 0 amide bonds. The first-order valence-electron chi connectivity index (χ1n) is 4.71. The number of thiophene rings is 1. The van der Waals surface area contributed by atoms with Gasteiger partial charge in [-0.05, 0) is 12.1 Å². The molecule has 2 N–H and O–H groups in total. The zero-order valence-electron chi connectivity index (χ0n) is 8.66. The van der Waals surface area contributed by atoms with Crippen molar-refractivity contribution >= 4 is 27.1 Å². The molecule has 0 atom stereocenters. The lowest BCUT2D eigenvalue weighted by Crippen LogP contribution is -2.09. The number of carbonyl (C=O) groups is 1. The van der Waals surface area contributed by atoms with Crippen LogP contribution < -0.4 is 5.14 Å². The molecule has 0 saturated heterocycles. The minimum atomic E-state index is -3.73. The van der Waals surface area contributed by atoms with Gasteiger partial charge in [0.1, 0.15) is 4.21 Å². The standard InChI is InChI=1S/C11H9NO3S2/c12-17(14,15)10-7-6-9(16-10)11(13)8-4-2-1-3-5-8/h1-7H,(H2,12,14,15). The number of hydrogen-bond acceptors (Lipinski definition) is 4. The largest absolute Gasteiger partial charge is 0.288 e. The maximum atomic E-state index is 12.0. The summed E-state index contributed by atoms with van der Waals surface area (Å²) in [5.74, 6) is -0.203. The number of rotatable bonds is 3. The van der Waals surface area contributed by atoms with E-state index in [1.54, 1.807) is 30.3 Å². The van der Waals surface area contributed by atoms with Crippen LogP contribution in [0.2, 0.25) is 0 Å². The molecule has 0 aliphatic rings. The summed E-state index contributed by atoms with van der Waals surface area (Å²) in [6.45, 7) is 0. The van der Waals surface area contributed by atoms with Gasteiger partial charge in [-0.2, -0.15) is 0 Å². The van der Waals surface area contributed by atoms with E-state index in [0.29, 0.717) is 10.4 Å². The minimum Gasteiger partial charge on any atom is -0.288 e. The molecule has 0 aliphatic carbocycles. The first-order chi connectivity index (χ1) is 7.98. The fraction of sp³-hybridized carbons (Fsp3) is 0. The Labute approximate surface area is 103 Å². The number of sulfonamides is 1. The van der Waals surface area contributed by atoms with Crippen LogP contribution in [0.25, 0.3) is 0 Å². The van der Waals surface area contributed by atoms with Crippen molar-refractivity contribution in [2.45, 2.75) is 4.21 Å². The number of nitrogens with two attached hydrogens (primary N) is 1. The van der Waals surface area contributed by atoms with Gasteiger partial charge in [0.25, 0.3) is 0 Å². The molecule has 88 valence electrons. The van der Waals surface area contributed by atoms with Crippen LogP contribution in [0.1, 0.15) is 15.2 Å². The molecule has 1 heterocycles. The van der Waals surface area contributed by atoms with Crippen molar-refractivity contribution in [3.8, 4) is 0 Å². The average molecular weight is 267 g/mol. The van der Waals surface area contributed by atoms with E-state index in [4.69, 9.17) is 5.14 Å². The molecule has 2 aromatic rings. The van der Waals surface area contributed by atoms with Gasteiger partial charge in [0.2, 0.25) is 15.8 Å². The van der Waals surface area contributed by atoms with Gasteiger partial charge in [-0.3, -0.25) is 4.79 Å². The number of primary sulfonamides is 1. The molecule has 0 unspecified atom stereocenters. The second-order valence-electron chi connectivity index (χ2n) is 3.36. The lowest BCUT2D eigenvalue weighted by atomic mass is 10.1. The maximum Gasteiger partial charge on any atom is 0.247 e. The van der Waals surface area contributed by atoms with E-state index >= 15 is 0 Å². The van der Waals surface area contributed by atoms with Gasteiger partial charge in [-0.15, -0.1) is 11.3 Å². The van der Waals surface area contributed by atoms with E-state index in [1.165, 1.54) is 12.1 Å². The SMILES string of the molecule is NS(=O)(=O)c1ccc(C(=O)c2ccccc2)s1. The topological polar surface area (TPSA) is 77.2 Å². The highest BCUT2D eigenvalue weighted by Crippen LogP contribution is 2.22. The van der Waals surface area contributed by atoms with Crippen molar-refractivity contribution in [2.24, 2.45) is 5.14 Å². The summed E-state index contributed by atoms with van der Waals surface area (Å²) >= 11 is 0.880. The second kappa shape index (κ2) is 4.40. The quantitative estimate of drug-likeness (QED) is 0.858. The Hall–Kier alpha value is -1.50. The van der Waals surface area contributed by atoms with Crippen LogP contribution in [0.5, 0.6) is 0 Å². The van der Waals surface area contributed by atoms with Crippen molar-refractivity contribution in [3.63, 3.8) is 0 Å². The number of ketones is 1. The minimum absolute atomic E-state index is 0.00298. The van der Waals surface area contributed by atoms with Crippen molar-refractivity contribution in [1.29, 1.82) is 0 Å². The Morgan fingerprint density at radius 2 is 1.71 bits per heavy atom. The maximum absolute atomic E-state index is 12.0. The molecule has 0 bridgehead atoms. The molecule has 17 heavy (non-hydrogen) atoms. The fourth-order valence-corrected chi connectivity index (χ4v) is 3.02. The third kappa shape index (κ3) is 2.60. The van der Waals surface area contributed by atoms with Gasteiger partial charge < -0.3 is 0 Å². The van der Waals surface area contributed by atoms with E-state index in [2.05, 4.69) is 0 Å². The summed E-state index contributed by atoms with van der Waals surface area (Å²) < 4.78 is 22.2. The molecule has 0 aliphatic heterocycles. The summed E-state index contributed by atoms with van der Waals surface area (Å²) in [4.78, 5) is 12.3. The summed E-state index contributed by atoms with van der Waals surface area (Å²) in [5, 5.41) is 4.98. The molecular weight excluding hydrogens is 258 g/mol. The molecule has 0 saturated carbocycles. The number of benzene rings is 1. The van der Waals surface area contributed by atoms with Gasteiger partial charge in [0.15, 0.2) is 0 Å². The van der Waals surface area contributed by atoms with E-state index < -0.39 is 10.0 Å². The Bertz CT molecular complexity index is 644. The van der Waals surface area contributed by atoms with Gasteiger partial charge in [0.05, 0.1) is 4.88 Å². The molecule has 2 rings (SSSR count). The van der Waals surface area contributed by atoms with Crippen LogP contribution >= 0.6 is 11.3 Å². The van der Waals surface area contributed by atoms with E-state index in [9.17, 15) is 13.2 Å². The van der Waals surface area contributed by atoms with Crippen molar-refractivity contribution in [3.05, 3.63) is 52.9 Å². The van der Waals surface area contributed by atoms with Crippen molar-refractivity contribution in [2.75, 3.05) is 0 Å². The van der Waals surface area contributed by atoms with Gasteiger partial charge >= 0.3 is 0 Å². The lowest BCUT2D eigenvalue weighted by molar-refractivity contribution is 0.104. The number of hydrogen-bond donors (Lipinski definition) is 1. The second-order valence-corrected chi connectivity index (χ2v) is 6.23. The first-order valence-corrected chi connectivity index (χ1v) is 7.07. The normalized spacial score (nSPS) is 11.4. The molecule has 1 aromatic carbocycles. The summed E-state index contributed by atoms with van der Waals surface area (Å²) in [7, 11) is -3.73. The van der Waals surface area contributed by atoms with Crippen LogP contribution in [0.15, 0.2) is 46.7 Å². The summed E-state index contributed by atoms with van der Waals surface area (Å²) in [6.07, 6.45) is 0. The zero-order valence-corrected chi connectivity index (χ0v) is 10.3. The Balaban J connectivity index is 2.37. The van der Waals surface area contributed by atoms with E-state index in [1.807, 2.05) is 0 Å². The van der Waals surface area contributed by atoms with Crippen molar-refractivity contribution < 1.29 is 13.2 Å². The van der Waals surface area contributed by atoms with Crippen LogP contribution in [-0.2, 0) is 10.0 Å². The highest BCUT2D eigenvalue weighted by Gasteiger charge is 2.16. The van der Waals surface area contributed by atoms with Crippen LogP contribution in [0.4, 0.5) is 0 Å². The average Bonchev–Trinajstić information content (AvgIpc) is 2.78. The molecule has 4 nitrogen and oxygen atoms in total. The Kier molecular flexibility index (Phi) is 3.10. The van der Waals surface area contributed by atoms with Crippen LogP contribution in [0.3, 0.4) is 0 Å². The highest BCUT2D eigenvalue weighted by molar-refractivity contribution is 7.91. The molecular formula is C11H9NO3S2. The van der Waals surface area contributed by atoms with E-state index in [0.717, 1.165) is 11.3 Å². The smallest absolute Gasteiger partial charge is 0.247 e. The fourth-order valence-electron chi connectivity index (χ4n) is 1.33. The predicted octanol–water partition coefficient (Wildman–Crippen LogP) is 1.63. The van der Waals surface area contributed by atoms with Crippen molar-refractivity contribution in [1.82, 2.24) is 0 Å². The Morgan fingerprint density at radius 3 is 2.24 bits per heavy atom. The first kappa shape index (κ1) is 12.0. The van der Waals surface area contributed by atoms with Gasteiger partial charge in [0, 0.05) is 5.56 Å². The third-order valence-electron chi connectivity index (χ3n) is 2.12.